The van der Waals surface area contributed by atoms with Crippen LogP contribution < -0.4 is 0 Å². The average Bonchev–Trinajstić information content (AvgIpc) is 3.37. The Labute approximate surface area is 201 Å². The van der Waals surface area contributed by atoms with Crippen molar-refractivity contribution in [3.8, 4) is 0 Å². The van der Waals surface area contributed by atoms with Crippen molar-refractivity contribution in [3.63, 3.8) is 0 Å². The summed E-state index contributed by atoms with van der Waals surface area (Å²) in [5.41, 5.74) is 0. The maximum atomic E-state index is 14.0. The first-order valence-corrected chi connectivity index (χ1v) is 12.8. The molecule has 184 valence electrons. The molecule has 3 aliphatic heterocycles. The molecule has 33 heavy (non-hydrogen) atoms. The first-order valence-electron chi connectivity index (χ1n) is 12.0. The van der Waals surface area contributed by atoms with E-state index in [-0.39, 0.29) is 41.6 Å². The maximum Gasteiger partial charge on any atom is 0.310 e. The fourth-order valence-corrected chi connectivity index (χ4v) is 8.31. The van der Waals surface area contributed by atoms with E-state index >= 15 is 0 Å². The van der Waals surface area contributed by atoms with Crippen LogP contribution in [0.3, 0.4) is 0 Å². The van der Waals surface area contributed by atoms with Crippen LogP contribution in [-0.2, 0) is 19.1 Å². The van der Waals surface area contributed by atoms with E-state index in [9.17, 15) is 19.5 Å². The maximum absolute atomic E-state index is 14.0. The van der Waals surface area contributed by atoms with Gasteiger partial charge in [0, 0.05) is 17.8 Å². The number of aliphatic hydroxyl groups is 1. The number of likely N-dealkylation sites (tertiary alicyclic amines) is 1. The third kappa shape index (κ3) is 4.14. The standard InChI is InChI=1S/C25H38N2O5S/c1-7-9-10-12-32-24(31)19-18-13-16(5)25(33-18)20(19)22(29)27(17(6)14-28)21(25)23(30)26(11-8-2)15(3)4/h7-8,15-21,28H,1-2,9-14H2,3-6H3/t16?,17-,18-,19+,20+,21?,25?/m1/s1. The molecule has 1 spiro atoms. The molecule has 7 nitrogen and oxygen atoms in total. The molecule has 0 saturated carbocycles. The summed E-state index contributed by atoms with van der Waals surface area (Å²) in [6, 6.07) is -1.33. The van der Waals surface area contributed by atoms with Crippen LogP contribution in [0.2, 0.25) is 0 Å². The highest BCUT2D eigenvalue weighted by atomic mass is 32.2. The fraction of sp³-hybridized carbons (Fsp3) is 0.720. The number of nitrogens with zero attached hydrogens (tertiary/aromatic N) is 2. The van der Waals surface area contributed by atoms with E-state index in [1.807, 2.05) is 13.8 Å². The van der Waals surface area contributed by atoms with Gasteiger partial charge in [-0.2, -0.15) is 0 Å². The second-order valence-electron chi connectivity index (χ2n) is 9.80. The Morgan fingerprint density at radius 3 is 2.61 bits per heavy atom. The lowest BCUT2D eigenvalue weighted by Crippen LogP contribution is -2.59. The average molecular weight is 479 g/mol. The van der Waals surface area contributed by atoms with E-state index in [2.05, 4.69) is 20.1 Å². The van der Waals surface area contributed by atoms with Crippen LogP contribution in [0.1, 0.15) is 47.0 Å². The molecule has 3 fully saturated rings. The van der Waals surface area contributed by atoms with Crippen molar-refractivity contribution in [2.45, 2.75) is 75.1 Å². The summed E-state index contributed by atoms with van der Waals surface area (Å²) in [6.07, 6.45) is 5.68. The second-order valence-corrected chi connectivity index (χ2v) is 11.3. The highest BCUT2D eigenvalue weighted by molar-refractivity contribution is 8.02. The number of thioether (sulfide) groups is 1. The van der Waals surface area contributed by atoms with Crippen molar-refractivity contribution in [1.82, 2.24) is 9.80 Å². The van der Waals surface area contributed by atoms with Gasteiger partial charge in [-0.15, -0.1) is 24.9 Å². The molecule has 0 aromatic carbocycles. The lowest BCUT2D eigenvalue weighted by molar-refractivity contribution is -0.155. The van der Waals surface area contributed by atoms with Crippen molar-refractivity contribution < 1.29 is 24.2 Å². The van der Waals surface area contributed by atoms with Crippen LogP contribution in [0.15, 0.2) is 25.3 Å². The van der Waals surface area contributed by atoms with Crippen molar-refractivity contribution in [2.24, 2.45) is 17.8 Å². The molecule has 3 saturated heterocycles. The summed E-state index contributed by atoms with van der Waals surface area (Å²) < 4.78 is 4.88. The van der Waals surface area contributed by atoms with Crippen molar-refractivity contribution in [3.05, 3.63) is 25.3 Å². The molecule has 0 radical (unpaired) electrons. The molecule has 8 heteroatoms. The summed E-state index contributed by atoms with van der Waals surface area (Å²) in [6.45, 7) is 15.6. The Bertz CT molecular complexity index is 802. The minimum atomic E-state index is -0.733. The van der Waals surface area contributed by atoms with E-state index in [1.54, 1.807) is 40.6 Å². The van der Waals surface area contributed by atoms with Crippen LogP contribution in [0, 0.1) is 17.8 Å². The number of hydrogen-bond acceptors (Lipinski definition) is 6. The van der Waals surface area contributed by atoms with Crippen molar-refractivity contribution >= 4 is 29.5 Å². The molecule has 7 atom stereocenters. The zero-order valence-corrected chi connectivity index (χ0v) is 21.1. The molecule has 0 aromatic heterocycles. The zero-order valence-electron chi connectivity index (χ0n) is 20.2. The summed E-state index contributed by atoms with van der Waals surface area (Å²) in [5.74, 6) is -1.81. The third-order valence-electron chi connectivity index (χ3n) is 7.46. The number of fused-ring (bicyclic) bond motifs is 1. The molecule has 3 rings (SSSR count). The van der Waals surface area contributed by atoms with E-state index in [4.69, 9.17) is 4.74 Å². The molecular formula is C25H38N2O5S. The van der Waals surface area contributed by atoms with Gasteiger partial charge in [0.1, 0.15) is 6.04 Å². The monoisotopic (exact) mass is 478 g/mol. The number of unbranched alkanes of at least 4 members (excludes halogenated alkanes) is 1. The summed E-state index contributed by atoms with van der Waals surface area (Å²) in [4.78, 5) is 44.3. The zero-order chi connectivity index (χ0) is 24.5. The number of carbonyl (C=O) groups is 3. The normalized spacial score (nSPS) is 33.2. The van der Waals surface area contributed by atoms with Crippen LogP contribution in [0.5, 0.6) is 0 Å². The largest absolute Gasteiger partial charge is 0.465 e. The second kappa shape index (κ2) is 10.2. The SMILES string of the molecule is C=CCCCOC(=O)[C@@H]1[C@H]2C(=O)N([C@H](C)CO)C(C(=O)N(CC=C)C(C)C)C23S[C@@H]1CC3C. The molecule has 0 aliphatic carbocycles. The molecule has 1 N–H and O–H groups in total. The summed E-state index contributed by atoms with van der Waals surface area (Å²) in [5, 5.41) is 9.91. The lowest BCUT2D eigenvalue weighted by Gasteiger charge is -2.42. The highest BCUT2D eigenvalue weighted by Gasteiger charge is 2.77. The van der Waals surface area contributed by atoms with Crippen molar-refractivity contribution in [2.75, 3.05) is 19.8 Å². The van der Waals surface area contributed by atoms with Crippen LogP contribution in [-0.4, -0.2) is 80.6 Å². The van der Waals surface area contributed by atoms with Crippen LogP contribution in [0.4, 0.5) is 0 Å². The van der Waals surface area contributed by atoms with Gasteiger partial charge in [-0.05, 0) is 46.0 Å². The minimum Gasteiger partial charge on any atom is -0.465 e. The van der Waals surface area contributed by atoms with E-state index in [1.165, 1.54) is 0 Å². The third-order valence-corrected chi connectivity index (χ3v) is 9.53. The Kier molecular flexibility index (Phi) is 7.99. The highest BCUT2D eigenvalue weighted by Crippen LogP contribution is 2.69. The predicted octanol–water partition coefficient (Wildman–Crippen LogP) is 2.64. The molecule has 3 unspecified atom stereocenters. The number of carbonyl (C=O) groups excluding carboxylic acids is 3. The van der Waals surface area contributed by atoms with E-state index in [0.717, 1.165) is 12.8 Å². The van der Waals surface area contributed by atoms with Gasteiger partial charge in [-0.1, -0.05) is 19.1 Å². The number of allylic oxidation sites excluding steroid dienone is 1. The fourth-order valence-electron chi connectivity index (χ4n) is 5.92. The van der Waals surface area contributed by atoms with Gasteiger partial charge in [0.05, 0.1) is 35.8 Å². The van der Waals surface area contributed by atoms with E-state index in [0.29, 0.717) is 19.6 Å². The smallest absolute Gasteiger partial charge is 0.310 e. The molecule has 3 aliphatic rings. The lowest BCUT2D eigenvalue weighted by atomic mass is 9.66. The number of aliphatic hydroxyl groups excluding tert-OH is 1. The Balaban J connectivity index is 2.01. The van der Waals surface area contributed by atoms with Gasteiger partial charge in [0.25, 0.3) is 0 Å². The predicted molar refractivity (Wildman–Crippen MR) is 129 cm³/mol. The summed E-state index contributed by atoms with van der Waals surface area (Å²) in [7, 11) is 0. The first kappa shape index (κ1) is 25.8. The number of esters is 1. The number of rotatable bonds is 11. The van der Waals surface area contributed by atoms with Gasteiger partial charge in [0.2, 0.25) is 11.8 Å². The Morgan fingerprint density at radius 2 is 2.03 bits per heavy atom. The number of hydrogen-bond donors (Lipinski definition) is 1. The van der Waals surface area contributed by atoms with Gasteiger partial charge < -0.3 is 19.6 Å². The Morgan fingerprint density at radius 1 is 1.33 bits per heavy atom. The van der Waals surface area contributed by atoms with Crippen molar-refractivity contribution in [1.29, 1.82) is 0 Å². The minimum absolute atomic E-state index is 0.0466. The number of ether oxygens (including phenoxy) is 1. The topological polar surface area (TPSA) is 87.1 Å². The molecule has 0 aromatic rings. The molecule has 3 heterocycles. The number of amides is 2. The molecular weight excluding hydrogens is 440 g/mol. The van der Waals surface area contributed by atoms with Crippen LogP contribution >= 0.6 is 11.8 Å². The summed E-state index contributed by atoms with van der Waals surface area (Å²) >= 11 is 1.62. The molecule has 2 bridgehead atoms. The van der Waals surface area contributed by atoms with E-state index < -0.39 is 28.7 Å². The Hall–Kier alpha value is -1.80. The van der Waals surface area contributed by atoms with Gasteiger partial charge in [-0.25, -0.2) is 0 Å². The quantitative estimate of drug-likeness (QED) is 0.279. The molecule has 2 amide bonds. The van der Waals surface area contributed by atoms with Gasteiger partial charge >= 0.3 is 5.97 Å². The van der Waals surface area contributed by atoms with Crippen LogP contribution in [0.25, 0.3) is 0 Å². The van der Waals surface area contributed by atoms with Gasteiger partial charge in [-0.3, -0.25) is 14.4 Å². The first-order chi connectivity index (χ1) is 15.7. The van der Waals surface area contributed by atoms with Gasteiger partial charge in [0.15, 0.2) is 0 Å².